The van der Waals surface area contributed by atoms with E-state index in [4.69, 9.17) is 5.73 Å². The third-order valence-corrected chi connectivity index (χ3v) is 4.51. The number of unbranched alkanes of at least 4 members (excludes halogenated alkanes) is 2. The fourth-order valence-electron chi connectivity index (χ4n) is 3.18. The molecule has 1 heterocycles. The minimum absolute atomic E-state index is 0.252. The van der Waals surface area contributed by atoms with Crippen molar-refractivity contribution in [1.82, 2.24) is 0 Å². The number of hydrogen-bond acceptors (Lipinski definition) is 2. The molecule has 1 aliphatic heterocycles. The summed E-state index contributed by atoms with van der Waals surface area (Å²) in [6.07, 6.45) is 8.13. The Balaban J connectivity index is 1.99. The zero-order valence-corrected chi connectivity index (χ0v) is 14.1. The van der Waals surface area contributed by atoms with Crippen LogP contribution in [0.3, 0.4) is 0 Å². The molecule has 2 rings (SSSR count). The van der Waals surface area contributed by atoms with E-state index in [0.29, 0.717) is 6.42 Å². The number of hydrogen-bond donors (Lipinski definition) is 1. The first-order valence-electron chi connectivity index (χ1n) is 8.83. The van der Waals surface area contributed by atoms with Crippen LogP contribution in [0.5, 0.6) is 0 Å². The van der Waals surface area contributed by atoms with Gasteiger partial charge in [0.05, 0.1) is 0 Å². The van der Waals surface area contributed by atoms with E-state index in [0.717, 1.165) is 44.3 Å². The molecule has 22 heavy (non-hydrogen) atoms. The van der Waals surface area contributed by atoms with Crippen LogP contribution >= 0.6 is 0 Å². The van der Waals surface area contributed by atoms with Gasteiger partial charge in [-0.25, -0.2) is 0 Å². The van der Waals surface area contributed by atoms with Crippen molar-refractivity contribution in [3.8, 4) is 0 Å². The number of nitrogens with zero attached hydrogens (tertiary/aromatic N) is 1. The summed E-state index contributed by atoms with van der Waals surface area (Å²) in [5.41, 5.74) is 9.94. The van der Waals surface area contributed by atoms with Crippen LogP contribution in [0.4, 0.5) is 5.69 Å². The Kier molecular flexibility index (Phi) is 6.44. The van der Waals surface area contributed by atoms with Gasteiger partial charge in [0.1, 0.15) is 0 Å². The molecule has 1 aromatic rings. The molecule has 0 saturated heterocycles. The molecule has 0 fully saturated rings. The number of benzene rings is 1. The summed E-state index contributed by atoms with van der Waals surface area (Å²) < 4.78 is 0. The lowest BCUT2D eigenvalue weighted by atomic mass is 9.99. The molecule has 1 aliphatic rings. The number of carbonyl (C=O) groups excluding carboxylic acids is 1. The average molecular weight is 302 g/mol. The van der Waals surface area contributed by atoms with Crippen LogP contribution in [-0.2, 0) is 17.6 Å². The van der Waals surface area contributed by atoms with E-state index in [1.807, 2.05) is 4.90 Å². The molecule has 1 aromatic carbocycles. The molecule has 3 nitrogen and oxygen atoms in total. The van der Waals surface area contributed by atoms with Crippen molar-refractivity contribution in [1.29, 1.82) is 0 Å². The van der Waals surface area contributed by atoms with Crippen LogP contribution in [-0.4, -0.2) is 18.5 Å². The number of nitrogens with two attached hydrogens (primary N) is 1. The fourth-order valence-corrected chi connectivity index (χ4v) is 3.18. The Morgan fingerprint density at radius 1 is 1.27 bits per heavy atom. The van der Waals surface area contributed by atoms with E-state index in [-0.39, 0.29) is 11.9 Å². The monoisotopic (exact) mass is 302 g/mol. The van der Waals surface area contributed by atoms with Gasteiger partial charge in [-0.1, -0.05) is 45.2 Å². The van der Waals surface area contributed by atoms with Gasteiger partial charge in [0.15, 0.2) is 0 Å². The van der Waals surface area contributed by atoms with Gasteiger partial charge in [0.25, 0.3) is 0 Å². The zero-order valence-electron chi connectivity index (χ0n) is 14.1. The second-order valence-electron chi connectivity index (χ2n) is 6.47. The van der Waals surface area contributed by atoms with Crippen molar-refractivity contribution in [2.45, 2.75) is 71.3 Å². The number of anilines is 1. The van der Waals surface area contributed by atoms with Crippen LogP contribution < -0.4 is 10.6 Å². The molecule has 122 valence electrons. The van der Waals surface area contributed by atoms with Gasteiger partial charge in [-0.05, 0) is 42.9 Å². The molecule has 0 aliphatic carbocycles. The maximum atomic E-state index is 12.3. The van der Waals surface area contributed by atoms with Gasteiger partial charge in [0.2, 0.25) is 5.91 Å². The summed E-state index contributed by atoms with van der Waals surface area (Å²) in [5.74, 6) is 0.271. The molecular formula is C19H30N2O. The third-order valence-electron chi connectivity index (χ3n) is 4.51. The minimum Gasteiger partial charge on any atom is -0.327 e. The van der Waals surface area contributed by atoms with E-state index in [1.165, 1.54) is 24.0 Å². The maximum Gasteiger partial charge on any atom is 0.226 e. The highest BCUT2D eigenvalue weighted by Gasteiger charge is 2.24. The molecule has 0 bridgehead atoms. The topological polar surface area (TPSA) is 46.3 Å². The molecule has 0 aromatic heterocycles. The van der Waals surface area contributed by atoms with Gasteiger partial charge < -0.3 is 10.6 Å². The lowest BCUT2D eigenvalue weighted by molar-refractivity contribution is -0.118. The van der Waals surface area contributed by atoms with E-state index >= 15 is 0 Å². The van der Waals surface area contributed by atoms with Crippen molar-refractivity contribution < 1.29 is 4.79 Å². The molecule has 2 N–H and O–H groups in total. The van der Waals surface area contributed by atoms with Gasteiger partial charge in [-0.2, -0.15) is 0 Å². The highest BCUT2D eigenvalue weighted by Crippen LogP contribution is 2.30. The van der Waals surface area contributed by atoms with E-state index in [1.54, 1.807) is 0 Å². The Labute approximate surface area is 134 Å². The molecule has 1 unspecified atom stereocenters. The third kappa shape index (κ3) is 4.33. The summed E-state index contributed by atoms with van der Waals surface area (Å²) in [4.78, 5) is 14.2. The van der Waals surface area contributed by atoms with Crippen LogP contribution in [0.15, 0.2) is 18.2 Å². The Morgan fingerprint density at radius 3 is 2.77 bits per heavy atom. The fraction of sp³-hybridized carbons (Fsp3) is 0.632. The van der Waals surface area contributed by atoms with Crippen molar-refractivity contribution in [3.63, 3.8) is 0 Å². The van der Waals surface area contributed by atoms with E-state index in [9.17, 15) is 4.79 Å². The minimum atomic E-state index is 0.252. The van der Waals surface area contributed by atoms with Crippen molar-refractivity contribution in [2.24, 2.45) is 5.73 Å². The maximum absolute atomic E-state index is 12.3. The second-order valence-corrected chi connectivity index (χ2v) is 6.47. The summed E-state index contributed by atoms with van der Waals surface area (Å²) >= 11 is 0. The number of amides is 1. The Hall–Kier alpha value is -1.35. The molecule has 1 atom stereocenters. The predicted molar refractivity (Wildman–Crippen MR) is 93.2 cm³/mol. The Bertz CT molecular complexity index is 498. The van der Waals surface area contributed by atoms with Gasteiger partial charge in [-0.3, -0.25) is 4.79 Å². The summed E-state index contributed by atoms with van der Waals surface area (Å²) in [5, 5.41) is 0. The number of carbonyl (C=O) groups is 1. The summed E-state index contributed by atoms with van der Waals surface area (Å²) in [6, 6.07) is 6.78. The highest BCUT2D eigenvalue weighted by atomic mass is 16.2. The van der Waals surface area contributed by atoms with Crippen LogP contribution in [0.25, 0.3) is 0 Å². The standard InChI is InChI=1S/C19H30N2O/c1-3-5-7-17(20)14-15-9-10-18-16(13-15)11-12-21(18)19(22)8-6-4-2/h9-10,13,17H,3-8,11-12,14,20H2,1-2H3. The molecular weight excluding hydrogens is 272 g/mol. The number of fused-ring (bicyclic) bond motifs is 1. The van der Waals surface area contributed by atoms with Gasteiger partial charge >= 0.3 is 0 Å². The largest absolute Gasteiger partial charge is 0.327 e. The molecule has 0 spiro atoms. The first-order valence-corrected chi connectivity index (χ1v) is 8.83. The SMILES string of the molecule is CCCCC(=O)N1CCc2cc(CC(N)CCCC)ccc21. The molecule has 0 saturated carbocycles. The first kappa shape index (κ1) is 17.0. The van der Waals surface area contributed by atoms with Crippen molar-refractivity contribution >= 4 is 11.6 Å². The summed E-state index contributed by atoms with van der Waals surface area (Å²) in [6.45, 7) is 5.16. The molecule has 1 amide bonds. The predicted octanol–water partition coefficient (Wildman–Crippen LogP) is 3.83. The second kappa shape index (κ2) is 8.33. The Morgan fingerprint density at radius 2 is 2.05 bits per heavy atom. The molecule has 0 radical (unpaired) electrons. The zero-order chi connectivity index (χ0) is 15.9. The van der Waals surface area contributed by atoms with Crippen molar-refractivity contribution in [2.75, 3.05) is 11.4 Å². The van der Waals surface area contributed by atoms with Crippen LogP contribution in [0.2, 0.25) is 0 Å². The lowest BCUT2D eigenvalue weighted by Gasteiger charge is -2.18. The van der Waals surface area contributed by atoms with E-state index < -0.39 is 0 Å². The van der Waals surface area contributed by atoms with Crippen LogP contribution in [0.1, 0.15) is 63.5 Å². The number of rotatable bonds is 8. The van der Waals surface area contributed by atoms with Gasteiger partial charge in [-0.15, -0.1) is 0 Å². The normalized spacial score (nSPS) is 15.0. The lowest BCUT2D eigenvalue weighted by Crippen LogP contribution is -2.28. The smallest absolute Gasteiger partial charge is 0.226 e. The van der Waals surface area contributed by atoms with Crippen LogP contribution in [0, 0.1) is 0 Å². The van der Waals surface area contributed by atoms with Crippen molar-refractivity contribution in [3.05, 3.63) is 29.3 Å². The van der Waals surface area contributed by atoms with Gasteiger partial charge in [0, 0.05) is 24.7 Å². The highest BCUT2D eigenvalue weighted by molar-refractivity contribution is 5.95. The summed E-state index contributed by atoms with van der Waals surface area (Å²) in [7, 11) is 0. The first-order chi connectivity index (χ1) is 10.7. The quantitative estimate of drug-likeness (QED) is 0.793. The molecule has 3 heteroatoms. The van der Waals surface area contributed by atoms with E-state index in [2.05, 4.69) is 32.0 Å². The average Bonchev–Trinajstić information content (AvgIpc) is 2.93.